The van der Waals surface area contributed by atoms with Gasteiger partial charge < -0.3 is 0 Å². The maximum atomic E-state index is 11.9. The molecule has 1 aromatic heterocycles. The number of rotatable bonds is 3. The van der Waals surface area contributed by atoms with Crippen LogP contribution < -0.4 is 5.69 Å². The summed E-state index contributed by atoms with van der Waals surface area (Å²) in [6.07, 6.45) is -2.06. The Kier molecular flexibility index (Phi) is 2.57. The van der Waals surface area contributed by atoms with Gasteiger partial charge in [-0.05, 0) is 0 Å². The molecule has 6 heteroatoms. The third kappa shape index (κ3) is 1.69. The van der Waals surface area contributed by atoms with Crippen LogP contribution in [0.2, 0.25) is 0 Å². The van der Waals surface area contributed by atoms with Gasteiger partial charge in [0, 0.05) is 6.42 Å². The summed E-state index contributed by atoms with van der Waals surface area (Å²) in [7, 11) is 0. The van der Waals surface area contributed by atoms with Crippen LogP contribution in [-0.4, -0.2) is 21.2 Å². The van der Waals surface area contributed by atoms with Gasteiger partial charge in [0.1, 0.15) is 5.82 Å². The Labute approximate surface area is 67.2 Å². The van der Waals surface area contributed by atoms with Crippen LogP contribution in [0.1, 0.15) is 12.7 Å². The molecular formula is C6H9F2N3O. The Morgan fingerprint density at radius 2 is 2.33 bits per heavy atom. The first-order chi connectivity index (χ1) is 5.65. The predicted molar refractivity (Wildman–Crippen MR) is 38.2 cm³/mol. The molecule has 1 N–H and O–H groups in total. The maximum Gasteiger partial charge on any atom is 0.343 e. The first kappa shape index (κ1) is 8.89. The highest BCUT2D eigenvalue weighted by molar-refractivity contribution is 4.85. The van der Waals surface area contributed by atoms with Crippen LogP contribution >= 0.6 is 0 Å². The molecule has 1 aromatic rings. The molecule has 0 aromatic carbocycles. The second-order valence-electron chi connectivity index (χ2n) is 2.30. The van der Waals surface area contributed by atoms with Crippen molar-refractivity contribution in [2.45, 2.75) is 26.3 Å². The molecular weight excluding hydrogens is 168 g/mol. The third-order valence-corrected chi connectivity index (χ3v) is 1.47. The minimum absolute atomic E-state index is 0.361. The highest BCUT2D eigenvalue weighted by Gasteiger charge is 2.10. The molecule has 0 aliphatic carbocycles. The number of halogens is 2. The summed E-state index contributed by atoms with van der Waals surface area (Å²) in [5.41, 5.74) is -0.577. The van der Waals surface area contributed by atoms with E-state index in [4.69, 9.17) is 0 Å². The third-order valence-electron chi connectivity index (χ3n) is 1.47. The summed E-state index contributed by atoms with van der Waals surface area (Å²) in [5.74, 6) is 0.361. The molecule has 0 unspecified atom stereocenters. The van der Waals surface area contributed by atoms with Crippen molar-refractivity contribution in [3.8, 4) is 0 Å². The minimum Gasteiger partial charge on any atom is -0.273 e. The van der Waals surface area contributed by atoms with Gasteiger partial charge in [-0.1, -0.05) is 6.92 Å². The van der Waals surface area contributed by atoms with Crippen molar-refractivity contribution >= 4 is 0 Å². The number of aryl methyl sites for hydroxylation is 1. The van der Waals surface area contributed by atoms with Crippen molar-refractivity contribution in [2.75, 3.05) is 0 Å². The fourth-order valence-electron chi connectivity index (χ4n) is 0.946. The lowest BCUT2D eigenvalue weighted by Gasteiger charge is -2.01. The van der Waals surface area contributed by atoms with Crippen molar-refractivity contribution < 1.29 is 8.78 Å². The summed E-state index contributed by atoms with van der Waals surface area (Å²) in [4.78, 5) is 10.8. The van der Waals surface area contributed by atoms with Gasteiger partial charge in [-0.2, -0.15) is 5.10 Å². The van der Waals surface area contributed by atoms with Gasteiger partial charge in [-0.15, -0.1) is 0 Å². The van der Waals surface area contributed by atoms with E-state index in [-0.39, 0.29) is 0 Å². The largest absolute Gasteiger partial charge is 0.343 e. The second-order valence-corrected chi connectivity index (χ2v) is 2.30. The van der Waals surface area contributed by atoms with Gasteiger partial charge in [0.15, 0.2) is 0 Å². The number of nitrogens with one attached hydrogen (secondary N) is 1. The zero-order valence-electron chi connectivity index (χ0n) is 6.55. The number of alkyl halides is 2. The Hall–Kier alpha value is -1.20. The van der Waals surface area contributed by atoms with Gasteiger partial charge in [-0.3, -0.25) is 4.57 Å². The van der Waals surface area contributed by atoms with E-state index in [2.05, 4.69) is 10.2 Å². The van der Waals surface area contributed by atoms with Crippen molar-refractivity contribution in [3.05, 3.63) is 16.3 Å². The van der Waals surface area contributed by atoms with Crippen LogP contribution in [0.25, 0.3) is 0 Å². The Balaban J connectivity index is 2.94. The average molecular weight is 177 g/mol. The van der Waals surface area contributed by atoms with Crippen LogP contribution in [0.4, 0.5) is 8.78 Å². The van der Waals surface area contributed by atoms with E-state index in [1.54, 1.807) is 6.92 Å². The molecule has 68 valence electrons. The Bertz CT molecular complexity index is 304. The Morgan fingerprint density at radius 1 is 1.67 bits per heavy atom. The quantitative estimate of drug-likeness (QED) is 0.726. The van der Waals surface area contributed by atoms with Crippen LogP contribution in [0.5, 0.6) is 0 Å². The number of aromatic amines is 1. The van der Waals surface area contributed by atoms with Gasteiger partial charge in [-0.25, -0.2) is 18.7 Å². The smallest absolute Gasteiger partial charge is 0.273 e. The molecule has 0 radical (unpaired) electrons. The van der Waals surface area contributed by atoms with E-state index >= 15 is 0 Å². The zero-order chi connectivity index (χ0) is 9.14. The lowest BCUT2D eigenvalue weighted by Crippen LogP contribution is -2.22. The number of hydrogen-bond acceptors (Lipinski definition) is 2. The number of hydrogen-bond donors (Lipinski definition) is 1. The molecule has 0 bridgehead atoms. The van der Waals surface area contributed by atoms with Gasteiger partial charge in [0.2, 0.25) is 0 Å². The molecule has 1 rings (SSSR count). The van der Waals surface area contributed by atoms with E-state index in [0.29, 0.717) is 12.2 Å². The highest BCUT2D eigenvalue weighted by atomic mass is 19.3. The van der Waals surface area contributed by atoms with Crippen molar-refractivity contribution in [3.63, 3.8) is 0 Å². The molecule has 0 atom stereocenters. The van der Waals surface area contributed by atoms with Crippen molar-refractivity contribution in [1.29, 1.82) is 0 Å². The van der Waals surface area contributed by atoms with Crippen LogP contribution in [0.3, 0.4) is 0 Å². The highest BCUT2D eigenvalue weighted by Crippen LogP contribution is 1.98. The van der Waals surface area contributed by atoms with Crippen LogP contribution in [0.15, 0.2) is 4.79 Å². The standard InChI is InChI=1S/C6H9F2N3O/c1-2-5-9-10-6(12)11(5)3-4(7)8/h4H,2-3H2,1H3,(H,10,12). The maximum absolute atomic E-state index is 11.9. The topological polar surface area (TPSA) is 50.7 Å². The number of nitrogens with zero attached hydrogens (tertiary/aromatic N) is 2. The van der Waals surface area contributed by atoms with E-state index in [1.165, 1.54) is 0 Å². The molecule has 0 aliphatic heterocycles. The first-order valence-electron chi connectivity index (χ1n) is 3.57. The average Bonchev–Trinajstić information content (AvgIpc) is 2.32. The summed E-state index contributed by atoms with van der Waals surface area (Å²) in [5, 5.41) is 5.70. The SMILES string of the molecule is CCc1n[nH]c(=O)n1CC(F)F. The molecule has 0 fully saturated rings. The molecule has 0 saturated heterocycles. The lowest BCUT2D eigenvalue weighted by atomic mass is 10.4. The predicted octanol–water partition coefficient (Wildman–Crippen LogP) is 0.399. The van der Waals surface area contributed by atoms with E-state index in [9.17, 15) is 13.6 Å². The monoisotopic (exact) mass is 177 g/mol. The normalized spacial score (nSPS) is 11.0. The second kappa shape index (κ2) is 3.46. The van der Waals surface area contributed by atoms with Crippen molar-refractivity contribution in [1.82, 2.24) is 14.8 Å². The van der Waals surface area contributed by atoms with E-state index in [1.807, 2.05) is 0 Å². The molecule has 1 heterocycles. The van der Waals surface area contributed by atoms with E-state index in [0.717, 1.165) is 4.57 Å². The van der Waals surface area contributed by atoms with E-state index < -0.39 is 18.7 Å². The first-order valence-corrected chi connectivity index (χ1v) is 3.57. The minimum atomic E-state index is -2.52. The van der Waals surface area contributed by atoms with Crippen LogP contribution in [0, 0.1) is 0 Å². The van der Waals surface area contributed by atoms with Crippen LogP contribution in [-0.2, 0) is 13.0 Å². The molecule has 0 saturated carbocycles. The number of H-pyrrole nitrogens is 1. The fourth-order valence-corrected chi connectivity index (χ4v) is 0.946. The van der Waals surface area contributed by atoms with Gasteiger partial charge in [0.05, 0.1) is 6.54 Å². The summed E-state index contributed by atoms with van der Waals surface area (Å²) < 4.78 is 24.7. The van der Waals surface area contributed by atoms with Crippen molar-refractivity contribution in [2.24, 2.45) is 0 Å². The molecule has 4 nitrogen and oxygen atoms in total. The molecule has 0 spiro atoms. The zero-order valence-corrected chi connectivity index (χ0v) is 6.55. The Morgan fingerprint density at radius 3 is 2.83 bits per heavy atom. The van der Waals surface area contributed by atoms with Gasteiger partial charge in [0.25, 0.3) is 6.43 Å². The molecule has 0 aliphatic rings. The fraction of sp³-hybridized carbons (Fsp3) is 0.667. The molecule has 12 heavy (non-hydrogen) atoms. The summed E-state index contributed by atoms with van der Waals surface area (Å²) >= 11 is 0. The lowest BCUT2D eigenvalue weighted by molar-refractivity contribution is 0.124. The number of aromatic nitrogens is 3. The molecule has 0 amide bonds. The summed E-state index contributed by atoms with van der Waals surface area (Å²) in [6.45, 7) is 1.16. The van der Waals surface area contributed by atoms with Gasteiger partial charge >= 0.3 is 5.69 Å². The summed E-state index contributed by atoms with van der Waals surface area (Å²) in [6, 6.07) is 0.